The van der Waals surface area contributed by atoms with Crippen molar-refractivity contribution in [2.24, 2.45) is 0 Å². The minimum absolute atomic E-state index is 0.0572. The summed E-state index contributed by atoms with van der Waals surface area (Å²) in [5, 5.41) is 4.55. The quantitative estimate of drug-likeness (QED) is 0.332. The summed E-state index contributed by atoms with van der Waals surface area (Å²) in [5.41, 5.74) is 0.226. The number of nitrogens with one attached hydrogen (secondary N) is 1. The molecule has 2 aromatic rings. The topological polar surface area (TPSA) is 81.5 Å². The van der Waals surface area contributed by atoms with Crippen LogP contribution in [0, 0.1) is 0 Å². The highest BCUT2D eigenvalue weighted by molar-refractivity contribution is 6.76. The fourth-order valence-corrected chi connectivity index (χ4v) is 4.50. The van der Waals surface area contributed by atoms with Crippen LogP contribution in [0.4, 0.5) is 10.6 Å². The van der Waals surface area contributed by atoms with Crippen LogP contribution in [0.1, 0.15) is 33.6 Å². The predicted molar refractivity (Wildman–Crippen MR) is 131 cm³/mol. The zero-order valence-corrected chi connectivity index (χ0v) is 21.8. The van der Waals surface area contributed by atoms with Crippen molar-refractivity contribution in [3.63, 3.8) is 0 Å². The zero-order valence-electron chi connectivity index (χ0n) is 20.1. The summed E-state index contributed by atoms with van der Waals surface area (Å²) in [6, 6.07) is 3.15. The van der Waals surface area contributed by atoms with Crippen molar-refractivity contribution in [1.29, 1.82) is 0 Å². The van der Waals surface area contributed by atoms with E-state index in [9.17, 15) is 4.79 Å². The maximum absolute atomic E-state index is 12.5. The maximum atomic E-state index is 12.5. The lowest BCUT2D eigenvalue weighted by molar-refractivity contribution is 0.0206. The van der Waals surface area contributed by atoms with Gasteiger partial charge in [-0.2, -0.15) is 4.98 Å². The second-order valence-electron chi connectivity index (χ2n) is 10.6. The van der Waals surface area contributed by atoms with Crippen molar-refractivity contribution in [2.45, 2.75) is 77.7 Å². The molecule has 0 spiro atoms. The first kappa shape index (κ1) is 24.8. The number of rotatable bonds is 7. The van der Waals surface area contributed by atoms with E-state index in [1.165, 1.54) is 0 Å². The van der Waals surface area contributed by atoms with E-state index in [1.807, 2.05) is 37.6 Å². The molecule has 1 aliphatic rings. The highest BCUT2D eigenvalue weighted by atomic mass is 35.5. The summed E-state index contributed by atoms with van der Waals surface area (Å²) in [6.45, 7) is 15.1. The van der Waals surface area contributed by atoms with E-state index < -0.39 is 13.7 Å². The molecule has 1 aliphatic heterocycles. The summed E-state index contributed by atoms with van der Waals surface area (Å²) < 4.78 is 13.4. The van der Waals surface area contributed by atoms with Crippen molar-refractivity contribution in [1.82, 2.24) is 19.4 Å². The number of carbonyl (C=O) groups excluding carboxylic acids is 1. The number of carbonyl (C=O) groups is 1. The van der Waals surface area contributed by atoms with E-state index in [4.69, 9.17) is 21.1 Å². The average molecular weight is 482 g/mol. The summed E-state index contributed by atoms with van der Waals surface area (Å²) in [7, 11) is -1.13. The first-order valence-electron chi connectivity index (χ1n) is 11.3. The number of hydrogen-bond donors (Lipinski definition) is 1. The van der Waals surface area contributed by atoms with Crippen molar-refractivity contribution in [3.8, 4) is 0 Å². The highest BCUT2D eigenvalue weighted by Crippen LogP contribution is 2.26. The van der Waals surface area contributed by atoms with E-state index in [2.05, 4.69) is 34.9 Å². The number of amides is 1. The van der Waals surface area contributed by atoms with Gasteiger partial charge in [-0.15, -0.1) is 0 Å². The molecule has 0 bridgehead atoms. The third kappa shape index (κ3) is 7.08. The normalized spacial score (nSPS) is 17.6. The van der Waals surface area contributed by atoms with E-state index in [-0.39, 0.29) is 17.4 Å². The molecule has 1 amide bonds. The Hall–Kier alpha value is -1.84. The number of fused-ring (bicyclic) bond motifs is 1. The Morgan fingerprint density at radius 1 is 1.31 bits per heavy atom. The summed E-state index contributed by atoms with van der Waals surface area (Å²) >= 11 is 6.25. The Morgan fingerprint density at radius 2 is 2.06 bits per heavy atom. The second kappa shape index (κ2) is 9.97. The first-order chi connectivity index (χ1) is 14.9. The Balaban J connectivity index is 1.68. The lowest BCUT2D eigenvalue weighted by Gasteiger charge is -2.34. The summed E-state index contributed by atoms with van der Waals surface area (Å²) in [4.78, 5) is 23.1. The van der Waals surface area contributed by atoms with Crippen LogP contribution in [0.15, 0.2) is 12.3 Å². The van der Waals surface area contributed by atoms with Crippen LogP contribution in [0.3, 0.4) is 0 Å². The third-order valence-electron chi connectivity index (χ3n) is 5.23. The number of likely N-dealkylation sites (tertiary alicyclic amines) is 1. The van der Waals surface area contributed by atoms with Crippen LogP contribution in [0.25, 0.3) is 11.0 Å². The molecule has 0 saturated carbocycles. The van der Waals surface area contributed by atoms with Gasteiger partial charge in [-0.05, 0) is 57.3 Å². The number of halogens is 1. The molecule has 0 radical (unpaired) electrons. The van der Waals surface area contributed by atoms with Gasteiger partial charge >= 0.3 is 6.09 Å². The van der Waals surface area contributed by atoms with E-state index in [1.54, 1.807) is 4.90 Å². The standard InChI is InChI=1S/C22H36ClN5O3Si/c1-22(2,3)31-21(29)27-10-7-8-16(14-27)24-18-17-9-11-28(19(17)26-20(23)25-18)15-30-12-13-32(4,5)6/h9,11,16H,7-8,10,12-15H2,1-6H3,(H,24,25,26)/t16-/m1/s1. The van der Waals surface area contributed by atoms with Crippen LogP contribution < -0.4 is 5.32 Å². The average Bonchev–Trinajstić information content (AvgIpc) is 3.06. The van der Waals surface area contributed by atoms with Gasteiger partial charge in [0.1, 0.15) is 23.8 Å². The maximum Gasteiger partial charge on any atom is 0.410 e. The van der Waals surface area contributed by atoms with Gasteiger partial charge in [0.25, 0.3) is 0 Å². The molecule has 3 rings (SSSR count). The molecule has 1 saturated heterocycles. The predicted octanol–water partition coefficient (Wildman–Crippen LogP) is 5.21. The van der Waals surface area contributed by atoms with Crippen LogP contribution in [0.5, 0.6) is 0 Å². The molecule has 0 aromatic carbocycles. The van der Waals surface area contributed by atoms with Gasteiger partial charge in [0.05, 0.1) is 5.39 Å². The van der Waals surface area contributed by atoms with Gasteiger partial charge in [0.15, 0.2) is 0 Å². The molecule has 32 heavy (non-hydrogen) atoms. The van der Waals surface area contributed by atoms with Crippen LogP contribution >= 0.6 is 11.6 Å². The molecule has 0 aliphatic carbocycles. The van der Waals surface area contributed by atoms with Crippen molar-refractivity contribution < 1.29 is 14.3 Å². The van der Waals surface area contributed by atoms with Gasteiger partial charge in [-0.25, -0.2) is 9.78 Å². The van der Waals surface area contributed by atoms with E-state index >= 15 is 0 Å². The SMILES string of the molecule is CC(C)(C)OC(=O)N1CCC[C@@H](Nc2nc(Cl)nc3c2ccn3COCC[Si](C)(C)C)C1. The van der Waals surface area contributed by atoms with E-state index in [0.717, 1.165) is 36.5 Å². The number of ether oxygens (including phenoxy) is 2. The fraction of sp³-hybridized carbons (Fsp3) is 0.682. The van der Waals surface area contributed by atoms with Gasteiger partial charge in [0, 0.05) is 40.0 Å². The van der Waals surface area contributed by atoms with Gasteiger partial charge in [-0.1, -0.05) is 19.6 Å². The molecule has 1 atom stereocenters. The van der Waals surface area contributed by atoms with Crippen LogP contribution in [-0.4, -0.2) is 64.9 Å². The molecule has 1 N–H and O–H groups in total. The first-order valence-corrected chi connectivity index (χ1v) is 15.3. The Labute approximate surface area is 196 Å². The molecule has 2 aromatic heterocycles. The molecule has 1 fully saturated rings. The molecule has 178 valence electrons. The van der Waals surface area contributed by atoms with Crippen LogP contribution in [-0.2, 0) is 16.2 Å². The monoisotopic (exact) mass is 481 g/mol. The minimum Gasteiger partial charge on any atom is -0.444 e. The zero-order chi connectivity index (χ0) is 23.5. The minimum atomic E-state index is -1.13. The van der Waals surface area contributed by atoms with Gasteiger partial charge in [0.2, 0.25) is 5.28 Å². The van der Waals surface area contributed by atoms with Gasteiger partial charge < -0.3 is 24.3 Å². The largest absolute Gasteiger partial charge is 0.444 e. The van der Waals surface area contributed by atoms with Crippen molar-refractivity contribution in [2.75, 3.05) is 25.0 Å². The van der Waals surface area contributed by atoms with Crippen molar-refractivity contribution in [3.05, 3.63) is 17.5 Å². The highest BCUT2D eigenvalue weighted by Gasteiger charge is 2.28. The van der Waals surface area contributed by atoms with Crippen LogP contribution in [0.2, 0.25) is 31.0 Å². The number of nitrogens with zero attached hydrogens (tertiary/aromatic N) is 4. The van der Waals surface area contributed by atoms with E-state index in [0.29, 0.717) is 25.6 Å². The molecular weight excluding hydrogens is 446 g/mol. The summed E-state index contributed by atoms with van der Waals surface area (Å²) in [6.07, 6.45) is 3.49. The molecule has 8 nitrogen and oxygen atoms in total. The Kier molecular flexibility index (Phi) is 7.72. The van der Waals surface area contributed by atoms with Gasteiger partial charge in [-0.3, -0.25) is 0 Å². The fourth-order valence-electron chi connectivity index (χ4n) is 3.57. The summed E-state index contributed by atoms with van der Waals surface area (Å²) in [5.74, 6) is 0.678. The lowest BCUT2D eigenvalue weighted by Crippen LogP contribution is -2.47. The Morgan fingerprint density at radius 3 is 2.75 bits per heavy atom. The number of piperidine rings is 1. The number of aromatic nitrogens is 3. The Bertz CT molecular complexity index is 938. The number of hydrogen-bond acceptors (Lipinski definition) is 6. The molecular formula is C22H36ClN5O3Si. The molecule has 3 heterocycles. The third-order valence-corrected chi connectivity index (χ3v) is 7.11. The lowest BCUT2D eigenvalue weighted by atomic mass is 10.1. The van der Waals surface area contributed by atoms with Crippen molar-refractivity contribution >= 4 is 42.6 Å². The number of anilines is 1. The molecule has 10 heteroatoms. The second-order valence-corrected chi connectivity index (χ2v) is 16.6. The molecule has 0 unspecified atom stereocenters. The smallest absolute Gasteiger partial charge is 0.410 e.